The lowest BCUT2D eigenvalue weighted by atomic mass is 9.92. The van der Waals surface area contributed by atoms with Crippen molar-refractivity contribution in [2.24, 2.45) is 13.0 Å². The molecule has 4 fully saturated rings. The fraction of sp³-hybridized carbons (Fsp3) is 0.455. The second-order valence-electron chi connectivity index (χ2n) is 20.9. The third kappa shape index (κ3) is 8.99. The monoisotopic (exact) mass is 962 g/mol. The van der Waals surface area contributed by atoms with E-state index in [4.69, 9.17) is 10.7 Å². The number of halogens is 1. The number of rotatable bonds is 11. The summed E-state index contributed by atoms with van der Waals surface area (Å²) in [5.41, 5.74) is 15.3. The minimum atomic E-state index is -0.686. The molecule has 6 aromatic rings. The van der Waals surface area contributed by atoms with Crippen molar-refractivity contribution in [1.29, 1.82) is 0 Å². The van der Waals surface area contributed by atoms with Gasteiger partial charge in [0.2, 0.25) is 11.8 Å². The number of amides is 3. The van der Waals surface area contributed by atoms with E-state index in [9.17, 15) is 19.2 Å². The van der Waals surface area contributed by atoms with Crippen molar-refractivity contribution < 1.29 is 18.8 Å². The number of nitrogen functional groups attached to an aromatic ring is 1. The van der Waals surface area contributed by atoms with Gasteiger partial charge in [-0.15, -0.1) is 0 Å². The number of hydrogen-bond donors (Lipinski definition) is 2. The Bertz CT molecular complexity index is 3140. The summed E-state index contributed by atoms with van der Waals surface area (Å²) < 4.78 is 21.8. The molecule has 2 aromatic carbocycles. The fourth-order valence-electron chi connectivity index (χ4n) is 12.1. The number of piperidine rings is 2. The first kappa shape index (κ1) is 46.9. The molecule has 3 saturated heterocycles. The molecular weight excluding hydrogens is 898 g/mol. The highest BCUT2D eigenvalue weighted by Gasteiger charge is 2.36. The summed E-state index contributed by atoms with van der Waals surface area (Å²) in [4.78, 5) is 70.7. The number of carbonyl (C=O) groups excluding carboxylic acids is 3. The molecule has 0 radical (unpaired) electrons. The summed E-state index contributed by atoms with van der Waals surface area (Å²) in [7, 11) is 2.06. The molecule has 3 atom stereocenters. The van der Waals surface area contributed by atoms with E-state index in [1.807, 2.05) is 52.9 Å². The largest absolute Gasteiger partial charge is 0.384 e. The maximum absolute atomic E-state index is 16.1. The summed E-state index contributed by atoms with van der Waals surface area (Å²) in [5.74, 6) is -0.175. The predicted octanol–water partition coefficient (Wildman–Crippen LogP) is 7.00. The van der Waals surface area contributed by atoms with Gasteiger partial charge in [0, 0.05) is 131 Å². The van der Waals surface area contributed by atoms with Crippen LogP contribution in [0.4, 0.5) is 10.2 Å². The van der Waals surface area contributed by atoms with Gasteiger partial charge in [0.25, 0.3) is 5.91 Å². The number of nitrogens with zero attached hydrogens (tertiary/aromatic N) is 9. The van der Waals surface area contributed by atoms with Crippen LogP contribution >= 0.6 is 0 Å². The lowest BCUT2D eigenvalue weighted by Gasteiger charge is -2.42. The molecule has 4 aromatic heterocycles. The van der Waals surface area contributed by atoms with Crippen LogP contribution in [0, 0.1) is 18.7 Å². The second-order valence-corrected chi connectivity index (χ2v) is 20.9. The van der Waals surface area contributed by atoms with Crippen molar-refractivity contribution in [1.82, 2.24) is 48.6 Å². The minimum Gasteiger partial charge on any atom is -0.384 e. The Morgan fingerprint density at radius 3 is 2.42 bits per heavy atom. The van der Waals surface area contributed by atoms with E-state index >= 15 is 4.39 Å². The molecule has 16 heteroatoms. The molecule has 3 N–H and O–H groups in total. The van der Waals surface area contributed by atoms with Crippen LogP contribution < -0.4 is 16.7 Å². The Labute approximate surface area is 413 Å². The van der Waals surface area contributed by atoms with Crippen molar-refractivity contribution >= 4 is 51.2 Å². The van der Waals surface area contributed by atoms with Crippen LogP contribution in [-0.4, -0.2) is 119 Å². The number of imide groups is 1. The molecule has 0 bridgehead atoms. The van der Waals surface area contributed by atoms with Gasteiger partial charge in [0.05, 0.1) is 11.0 Å². The van der Waals surface area contributed by atoms with E-state index in [0.29, 0.717) is 61.4 Å². The number of aromatic nitrogens is 5. The first-order valence-electron chi connectivity index (χ1n) is 25.5. The number of fused-ring (bicyclic) bond motifs is 2. The van der Waals surface area contributed by atoms with E-state index in [1.165, 1.54) is 6.07 Å². The average molecular weight is 962 g/mol. The SMILES string of the molecule is Cc1cc(C(=O)N2CCC(CN3CCN(Cc4ccc5c(c4)n(C4CC4)c(=O)n5[C@@H]4CCC(=O)NC4=O)C[C@@H]3C)CC2)cc(F)c1C1=CCN([C@@H](C)c2cc3c(-c4ccc(N)nc4)ccnc3n2C)CC1. The van der Waals surface area contributed by atoms with Crippen molar-refractivity contribution in [3.05, 3.63) is 117 Å². The Morgan fingerprint density at radius 1 is 0.901 bits per heavy atom. The van der Waals surface area contributed by atoms with Gasteiger partial charge in [0.1, 0.15) is 23.3 Å². The Morgan fingerprint density at radius 2 is 1.72 bits per heavy atom. The van der Waals surface area contributed by atoms with Crippen LogP contribution in [0.15, 0.2) is 77.9 Å². The molecule has 1 saturated carbocycles. The van der Waals surface area contributed by atoms with Crippen LogP contribution in [0.3, 0.4) is 0 Å². The van der Waals surface area contributed by atoms with Crippen molar-refractivity contribution in [3.63, 3.8) is 0 Å². The molecule has 0 unspecified atom stereocenters. The van der Waals surface area contributed by atoms with E-state index in [-0.39, 0.29) is 41.8 Å². The lowest BCUT2D eigenvalue weighted by Crippen LogP contribution is -2.53. The number of hydrogen-bond acceptors (Lipinski definition) is 10. The molecule has 0 spiro atoms. The van der Waals surface area contributed by atoms with E-state index in [2.05, 4.69) is 74.7 Å². The highest BCUT2D eigenvalue weighted by molar-refractivity contribution is 6.00. The zero-order valence-electron chi connectivity index (χ0n) is 41.2. The van der Waals surface area contributed by atoms with Gasteiger partial charge in [-0.1, -0.05) is 12.1 Å². The maximum atomic E-state index is 16.1. The average Bonchev–Trinajstić information content (AvgIpc) is 4.08. The number of carbonyl (C=O) groups is 3. The highest BCUT2D eigenvalue weighted by atomic mass is 19.1. The third-order valence-corrected chi connectivity index (χ3v) is 16.2. The molecule has 370 valence electrons. The lowest BCUT2D eigenvalue weighted by molar-refractivity contribution is -0.135. The van der Waals surface area contributed by atoms with Crippen LogP contribution in [0.5, 0.6) is 0 Å². The summed E-state index contributed by atoms with van der Waals surface area (Å²) in [5, 5.41) is 3.48. The summed E-state index contributed by atoms with van der Waals surface area (Å²) in [6.45, 7) is 13.7. The van der Waals surface area contributed by atoms with Gasteiger partial charge >= 0.3 is 5.69 Å². The molecule has 3 amide bonds. The normalized spacial score (nSPS) is 21.5. The first-order chi connectivity index (χ1) is 34.3. The number of nitrogens with one attached hydrogen (secondary N) is 1. The third-order valence-electron chi connectivity index (χ3n) is 16.2. The summed E-state index contributed by atoms with van der Waals surface area (Å²) in [6.07, 6.45) is 10.7. The van der Waals surface area contributed by atoms with Crippen molar-refractivity contribution in [3.8, 4) is 11.1 Å². The Kier molecular flexibility index (Phi) is 12.5. The Balaban J connectivity index is 0.677. The first-order valence-corrected chi connectivity index (χ1v) is 25.5. The molecule has 5 aliphatic rings. The standard InChI is InChI=1S/C55H64FN11O4/c1-33-25-40(27-44(56)51(33)38-16-21-63(22-17-38)35(3)47-28-43-42(13-18-58-52(43)61(47)4)39-6-11-49(57)59-29-39)54(70)64-19-14-36(15-20-64)32-65-24-23-62(30-34(65)2)31-37-5-9-45-48(26-37)66(41-7-8-41)55(71)67(45)46-10-12-50(68)60-53(46)69/h5-6,9,11,13,16,18,25-29,34-36,41,46H,7-8,10,12,14-15,17,19-24,30-32H2,1-4H3,(H2,57,59)(H,60,68,69)/t34-,35-,46+/m0/s1. The minimum absolute atomic E-state index is 0.0964. The molecule has 15 nitrogen and oxygen atoms in total. The van der Waals surface area contributed by atoms with Crippen LogP contribution in [0.1, 0.15) is 110 Å². The topological polar surface area (TPSA) is 160 Å². The maximum Gasteiger partial charge on any atom is 0.330 e. The van der Waals surface area contributed by atoms with E-state index < -0.39 is 11.9 Å². The number of benzene rings is 2. The summed E-state index contributed by atoms with van der Waals surface area (Å²) in [6, 6.07) is 17.5. The molecule has 71 heavy (non-hydrogen) atoms. The highest BCUT2D eigenvalue weighted by Crippen LogP contribution is 2.39. The second kappa shape index (κ2) is 18.9. The van der Waals surface area contributed by atoms with Gasteiger partial charge in [-0.05, 0) is 136 Å². The number of likely N-dealkylation sites (tertiary alicyclic amines) is 1. The Hall–Kier alpha value is -6.49. The van der Waals surface area contributed by atoms with E-state index in [0.717, 1.165) is 121 Å². The zero-order chi connectivity index (χ0) is 49.2. The zero-order valence-corrected chi connectivity index (χ0v) is 41.2. The quantitative estimate of drug-likeness (QED) is 0.130. The van der Waals surface area contributed by atoms with E-state index in [1.54, 1.807) is 10.8 Å². The van der Waals surface area contributed by atoms with Gasteiger partial charge in [-0.2, -0.15) is 0 Å². The number of aryl methyl sites for hydroxylation is 2. The molecule has 1 aliphatic carbocycles. The number of anilines is 1. The number of imidazole rings is 1. The molecule has 11 rings (SSSR count). The van der Waals surface area contributed by atoms with Crippen molar-refractivity contribution in [2.45, 2.75) is 96.4 Å². The van der Waals surface area contributed by atoms with Crippen molar-refractivity contribution in [2.75, 3.05) is 58.1 Å². The number of piperazine rings is 1. The van der Waals surface area contributed by atoms with Gasteiger partial charge < -0.3 is 15.2 Å². The van der Waals surface area contributed by atoms with Crippen LogP contribution in [0.25, 0.3) is 38.8 Å². The fourth-order valence-corrected chi connectivity index (χ4v) is 12.1. The van der Waals surface area contributed by atoms with Crippen LogP contribution in [-0.2, 0) is 23.2 Å². The predicted molar refractivity (Wildman–Crippen MR) is 273 cm³/mol. The van der Waals surface area contributed by atoms with Crippen LogP contribution in [0.2, 0.25) is 0 Å². The number of pyridine rings is 2. The molecular formula is C55H64FN11O4. The van der Waals surface area contributed by atoms with Gasteiger partial charge in [-0.25, -0.2) is 19.2 Å². The van der Waals surface area contributed by atoms with Gasteiger partial charge in [-0.3, -0.25) is 43.5 Å². The molecule has 8 heterocycles. The summed E-state index contributed by atoms with van der Waals surface area (Å²) >= 11 is 0. The number of nitrogens with two attached hydrogens (primary N) is 1. The van der Waals surface area contributed by atoms with Gasteiger partial charge in [0.15, 0.2) is 0 Å². The smallest absolute Gasteiger partial charge is 0.330 e. The molecule has 4 aliphatic heterocycles.